The average Bonchev–Trinajstić information content (AvgIpc) is 2.76. The molecule has 0 saturated carbocycles. The maximum atomic E-state index is 4.25. The smallest absolute Gasteiger partial charge is 0.194 e. The number of hydrogen-bond donors (Lipinski definition) is 0. The van der Waals surface area contributed by atoms with Crippen molar-refractivity contribution in [3.8, 4) is 22.3 Å². The van der Waals surface area contributed by atoms with Crippen molar-refractivity contribution in [1.82, 2.24) is 0 Å². The molecule has 2 aromatic heterocycles. The van der Waals surface area contributed by atoms with Crippen LogP contribution in [0.2, 0.25) is 0 Å². The van der Waals surface area contributed by atoms with E-state index in [1.165, 1.54) is 22.3 Å². The quantitative estimate of drug-likeness (QED) is 0.458. The Bertz CT molecular complexity index is 1020. The molecule has 0 N–H and O–H groups in total. The fraction of sp³-hybridized carbons (Fsp3) is 0.0400. The van der Waals surface area contributed by atoms with E-state index in [2.05, 4.69) is 113 Å². The lowest BCUT2D eigenvalue weighted by atomic mass is 10.1. The third-order valence-electron chi connectivity index (χ3n) is 4.67. The summed E-state index contributed by atoms with van der Waals surface area (Å²) in [7, 11) is 0. The molecule has 0 bridgehead atoms. The Morgan fingerprint density at radius 2 is 0.963 bits per heavy atom. The van der Waals surface area contributed by atoms with Gasteiger partial charge in [0.1, 0.15) is 0 Å². The number of rotatable bonds is 5. The van der Waals surface area contributed by atoms with Gasteiger partial charge in [-0.05, 0) is 28.8 Å². The highest BCUT2D eigenvalue weighted by Crippen LogP contribution is 2.17. The molecule has 4 aromatic rings. The normalized spacial score (nSPS) is 10.5. The zero-order chi connectivity index (χ0) is 18.5. The van der Waals surface area contributed by atoms with E-state index in [0.717, 1.165) is 12.2 Å². The molecular formula is C25H22N2+2. The molecule has 0 atom stereocenters. The van der Waals surface area contributed by atoms with Crippen LogP contribution >= 0.6 is 0 Å². The molecule has 2 nitrogen and oxygen atoms in total. The predicted molar refractivity (Wildman–Crippen MR) is 109 cm³/mol. The lowest BCUT2D eigenvalue weighted by molar-refractivity contribution is -0.709. The molecule has 130 valence electrons. The van der Waals surface area contributed by atoms with Crippen molar-refractivity contribution in [2.24, 2.45) is 0 Å². The minimum absolute atomic E-state index is 0.740. The van der Waals surface area contributed by atoms with Gasteiger partial charge in [-0.25, -0.2) is 0 Å². The first-order valence-corrected chi connectivity index (χ1v) is 9.09. The van der Waals surface area contributed by atoms with Crippen molar-refractivity contribution >= 4 is 5.70 Å². The van der Waals surface area contributed by atoms with Crippen LogP contribution in [-0.2, 0) is 6.54 Å². The van der Waals surface area contributed by atoms with Gasteiger partial charge in [0.25, 0.3) is 0 Å². The molecule has 27 heavy (non-hydrogen) atoms. The fourth-order valence-electron chi connectivity index (χ4n) is 3.14. The van der Waals surface area contributed by atoms with Crippen molar-refractivity contribution < 1.29 is 9.13 Å². The topological polar surface area (TPSA) is 7.76 Å². The lowest BCUT2D eigenvalue weighted by Crippen LogP contribution is -2.42. The Labute approximate surface area is 160 Å². The first-order chi connectivity index (χ1) is 13.3. The summed E-state index contributed by atoms with van der Waals surface area (Å²) in [6, 6.07) is 29.4. The van der Waals surface area contributed by atoms with E-state index in [-0.39, 0.29) is 0 Å². The Morgan fingerprint density at radius 3 is 1.44 bits per heavy atom. The van der Waals surface area contributed by atoms with E-state index < -0.39 is 0 Å². The van der Waals surface area contributed by atoms with E-state index in [0.29, 0.717) is 0 Å². The molecule has 0 spiro atoms. The molecule has 0 fully saturated rings. The predicted octanol–water partition coefficient (Wildman–Crippen LogP) is 4.77. The van der Waals surface area contributed by atoms with Gasteiger partial charge in [-0.2, -0.15) is 9.13 Å². The fourth-order valence-corrected chi connectivity index (χ4v) is 3.14. The van der Waals surface area contributed by atoms with Crippen molar-refractivity contribution in [1.29, 1.82) is 0 Å². The second kappa shape index (κ2) is 7.79. The van der Waals surface area contributed by atoms with Crippen LogP contribution in [0.15, 0.2) is 116 Å². The summed E-state index contributed by atoms with van der Waals surface area (Å²) >= 11 is 0. The second-order valence-corrected chi connectivity index (χ2v) is 6.55. The van der Waals surface area contributed by atoms with Crippen molar-refractivity contribution in [2.45, 2.75) is 6.54 Å². The Hall–Kier alpha value is -3.52. The molecule has 0 saturated heterocycles. The summed E-state index contributed by atoms with van der Waals surface area (Å²) in [6.45, 7) is 4.99. The highest BCUT2D eigenvalue weighted by Gasteiger charge is 2.13. The first kappa shape index (κ1) is 16.9. The second-order valence-electron chi connectivity index (χ2n) is 6.55. The number of hydrogen-bond acceptors (Lipinski definition) is 0. The van der Waals surface area contributed by atoms with Crippen molar-refractivity contribution in [3.63, 3.8) is 0 Å². The minimum atomic E-state index is 0.740. The van der Waals surface area contributed by atoms with E-state index in [9.17, 15) is 0 Å². The van der Waals surface area contributed by atoms with Gasteiger partial charge >= 0.3 is 0 Å². The van der Waals surface area contributed by atoms with Crippen molar-refractivity contribution in [3.05, 3.63) is 116 Å². The Morgan fingerprint density at radius 1 is 0.556 bits per heavy atom. The molecule has 0 radical (unpaired) electrons. The van der Waals surface area contributed by atoms with Gasteiger partial charge in [0.05, 0.1) is 0 Å². The lowest BCUT2D eigenvalue weighted by Gasteiger charge is -2.02. The van der Waals surface area contributed by atoms with Gasteiger partial charge in [0.15, 0.2) is 24.8 Å². The molecular weight excluding hydrogens is 328 g/mol. The van der Waals surface area contributed by atoms with Crippen LogP contribution in [0.3, 0.4) is 0 Å². The third-order valence-corrected chi connectivity index (χ3v) is 4.67. The van der Waals surface area contributed by atoms with Gasteiger partial charge in [-0.3, -0.25) is 0 Å². The van der Waals surface area contributed by atoms with Crippen LogP contribution in [0, 0.1) is 0 Å². The highest BCUT2D eigenvalue weighted by molar-refractivity contribution is 5.62. The Kier molecular flexibility index (Phi) is 4.88. The average molecular weight is 350 g/mol. The summed E-state index contributed by atoms with van der Waals surface area (Å²) in [5.74, 6) is 0. The maximum Gasteiger partial charge on any atom is 0.245 e. The van der Waals surface area contributed by atoms with Gasteiger partial charge in [0.2, 0.25) is 12.2 Å². The van der Waals surface area contributed by atoms with Crippen LogP contribution in [0.5, 0.6) is 0 Å². The van der Waals surface area contributed by atoms with Crippen LogP contribution in [0.25, 0.3) is 28.0 Å². The molecule has 2 heterocycles. The maximum absolute atomic E-state index is 4.25. The Balaban J connectivity index is 1.46. The number of pyridine rings is 2. The summed E-state index contributed by atoms with van der Waals surface area (Å²) < 4.78 is 4.22. The largest absolute Gasteiger partial charge is 0.245 e. The zero-order valence-corrected chi connectivity index (χ0v) is 15.2. The molecule has 0 aliphatic heterocycles. The van der Waals surface area contributed by atoms with Crippen molar-refractivity contribution in [2.75, 3.05) is 0 Å². The third kappa shape index (κ3) is 4.01. The van der Waals surface area contributed by atoms with Gasteiger partial charge in [-0.15, -0.1) is 0 Å². The van der Waals surface area contributed by atoms with E-state index >= 15 is 0 Å². The van der Waals surface area contributed by atoms with Crippen LogP contribution in [0.1, 0.15) is 0 Å². The summed E-state index contributed by atoms with van der Waals surface area (Å²) in [5, 5.41) is 0. The zero-order valence-electron chi connectivity index (χ0n) is 15.2. The van der Waals surface area contributed by atoms with E-state index in [4.69, 9.17) is 0 Å². The number of allylic oxidation sites excluding steroid dienone is 1. The molecule has 0 aliphatic rings. The minimum Gasteiger partial charge on any atom is -0.194 e. The van der Waals surface area contributed by atoms with E-state index in [1.807, 2.05) is 12.1 Å². The summed E-state index contributed by atoms with van der Waals surface area (Å²) in [5.41, 5.74) is 5.90. The van der Waals surface area contributed by atoms with Crippen LogP contribution in [-0.4, -0.2) is 0 Å². The SMILES string of the molecule is C=C(C[n+]1ccc(-c2ccccc2)cc1)[n+]1ccc(-c2ccccc2)cc1. The summed E-state index contributed by atoms with van der Waals surface area (Å²) in [6.07, 6.45) is 8.35. The van der Waals surface area contributed by atoms with Gasteiger partial charge < -0.3 is 0 Å². The molecule has 2 aromatic carbocycles. The monoisotopic (exact) mass is 350 g/mol. The number of nitrogens with zero attached hydrogens (tertiary/aromatic N) is 2. The molecule has 0 unspecified atom stereocenters. The highest BCUT2D eigenvalue weighted by atomic mass is 15.0. The van der Waals surface area contributed by atoms with Gasteiger partial charge in [0, 0.05) is 24.3 Å². The molecule has 0 aliphatic carbocycles. The number of aromatic nitrogens is 2. The standard InChI is InChI=1S/C25H22N2/c1-21(27-18-14-25(15-19-27)23-10-6-3-7-11-23)20-26-16-12-24(13-17-26)22-8-4-2-5-9-22/h2-19H,1,20H2/q+2. The molecule has 0 amide bonds. The first-order valence-electron chi connectivity index (χ1n) is 9.09. The van der Waals surface area contributed by atoms with E-state index in [1.54, 1.807) is 0 Å². The van der Waals surface area contributed by atoms with Gasteiger partial charge in [-0.1, -0.05) is 60.7 Å². The van der Waals surface area contributed by atoms with Crippen LogP contribution < -0.4 is 9.13 Å². The van der Waals surface area contributed by atoms with Crippen LogP contribution in [0.4, 0.5) is 0 Å². The number of benzene rings is 2. The summed E-state index contributed by atoms with van der Waals surface area (Å²) in [4.78, 5) is 0. The molecule has 4 rings (SSSR count). The molecule has 2 heteroatoms.